The standard InChI is InChI=1S/C13H26N2S/c1-10(2)7-5-6-8-14-13-15-12(4)11(3)9-16-13/h10-12H,5-9H2,1-4H3,(H,14,15). The van der Waals surface area contributed by atoms with Crippen LogP contribution in [0.2, 0.25) is 0 Å². The average Bonchev–Trinajstić information content (AvgIpc) is 2.22. The van der Waals surface area contributed by atoms with Crippen LogP contribution in [0.5, 0.6) is 0 Å². The van der Waals surface area contributed by atoms with Crippen molar-refractivity contribution in [2.45, 2.75) is 53.0 Å². The second kappa shape index (κ2) is 7.21. The van der Waals surface area contributed by atoms with E-state index in [4.69, 9.17) is 0 Å². The van der Waals surface area contributed by atoms with Crippen molar-refractivity contribution in [2.24, 2.45) is 16.8 Å². The molecule has 1 heterocycles. The van der Waals surface area contributed by atoms with E-state index in [0.29, 0.717) is 6.04 Å². The molecule has 1 aliphatic rings. The average molecular weight is 242 g/mol. The number of hydrogen-bond donors (Lipinski definition) is 1. The molecule has 0 aromatic heterocycles. The predicted octanol–water partition coefficient (Wildman–Crippen LogP) is 3.53. The molecule has 94 valence electrons. The quantitative estimate of drug-likeness (QED) is 0.746. The summed E-state index contributed by atoms with van der Waals surface area (Å²) in [4.78, 5) is 4.63. The van der Waals surface area contributed by atoms with Crippen molar-refractivity contribution in [3.8, 4) is 0 Å². The molecule has 0 spiro atoms. The summed E-state index contributed by atoms with van der Waals surface area (Å²) in [6.45, 7) is 10.1. The molecule has 1 aliphatic heterocycles. The van der Waals surface area contributed by atoms with Crippen LogP contribution in [0.15, 0.2) is 4.99 Å². The monoisotopic (exact) mass is 242 g/mol. The van der Waals surface area contributed by atoms with Crippen molar-refractivity contribution in [2.75, 3.05) is 12.3 Å². The molecule has 2 atom stereocenters. The lowest BCUT2D eigenvalue weighted by Crippen LogP contribution is -2.41. The fourth-order valence-electron chi connectivity index (χ4n) is 1.67. The Hall–Kier alpha value is -0.180. The third-order valence-corrected chi connectivity index (χ3v) is 4.35. The van der Waals surface area contributed by atoms with Crippen molar-refractivity contribution in [1.82, 2.24) is 5.32 Å². The Bertz CT molecular complexity index is 226. The fourth-order valence-corrected chi connectivity index (χ4v) is 2.83. The summed E-state index contributed by atoms with van der Waals surface area (Å²) in [7, 11) is 0. The van der Waals surface area contributed by atoms with E-state index in [1.165, 1.54) is 25.0 Å². The smallest absolute Gasteiger partial charge is 0.156 e. The van der Waals surface area contributed by atoms with E-state index >= 15 is 0 Å². The van der Waals surface area contributed by atoms with Gasteiger partial charge in [-0.1, -0.05) is 45.4 Å². The highest BCUT2D eigenvalue weighted by atomic mass is 32.2. The molecule has 2 unspecified atom stereocenters. The maximum absolute atomic E-state index is 4.63. The van der Waals surface area contributed by atoms with Crippen LogP contribution >= 0.6 is 11.8 Å². The van der Waals surface area contributed by atoms with Gasteiger partial charge in [-0.3, -0.25) is 4.99 Å². The van der Waals surface area contributed by atoms with Crippen LogP contribution < -0.4 is 5.32 Å². The summed E-state index contributed by atoms with van der Waals surface area (Å²) in [6.07, 6.45) is 3.87. The van der Waals surface area contributed by atoms with E-state index in [-0.39, 0.29) is 0 Å². The summed E-state index contributed by atoms with van der Waals surface area (Å²) in [6, 6.07) is 0.579. The van der Waals surface area contributed by atoms with Crippen LogP contribution in [0, 0.1) is 11.8 Å². The lowest BCUT2D eigenvalue weighted by molar-refractivity contribution is 0.489. The highest BCUT2D eigenvalue weighted by Crippen LogP contribution is 2.19. The first-order valence-electron chi connectivity index (χ1n) is 6.53. The zero-order valence-electron chi connectivity index (χ0n) is 11.1. The Balaban J connectivity index is 2.15. The van der Waals surface area contributed by atoms with Crippen LogP contribution in [0.4, 0.5) is 0 Å². The first kappa shape index (κ1) is 13.9. The zero-order valence-corrected chi connectivity index (χ0v) is 11.9. The van der Waals surface area contributed by atoms with E-state index in [9.17, 15) is 0 Å². The maximum Gasteiger partial charge on any atom is 0.156 e. The van der Waals surface area contributed by atoms with E-state index in [2.05, 4.69) is 38.0 Å². The lowest BCUT2D eigenvalue weighted by Gasteiger charge is -2.28. The molecule has 16 heavy (non-hydrogen) atoms. The molecular weight excluding hydrogens is 216 g/mol. The molecule has 0 bridgehead atoms. The lowest BCUT2D eigenvalue weighted by atomic mass is 10.1. The fraction of sp³-hybridized carbons (Fsp3) is 0.923. The minimum atomic E-state index is 0.579. The van der Waals surface area contributed by atoms with Crippen molar-refractivity contribution in [3.63, 3.8) is 0 Å². The molecule has 2 nitrogen and oxygen atoms in total. The van der Waals surface area contributed by atoms with Crippen molar-refractivity contribution in [3.05, 3.63) is 0 Å². The van der Waals surface area contributed by atoms with Crippen LogP contribution in [0.1, 0.15) is 47.0 Å². The van der Waals surface area contributed by atoms with Gasteiger partial charge in [0.25, 0.3) is 0 Å². The molecule has 0 aromatic rings. The summed E-state index contributed by atoms with van der Waals surface area (Å²) in [5, 5.41) is 4.64. The van der Waals surface area contributed by atoms with Gasteiger partial charge in [-0.2, -0.15) is 0 Å². The van der Waals surface area contributed by atoms with Gasteiger partial charge in [0.15, 0.2) is 5.17 Å². The molecule has 0 amide bonds. The van der Waals surface area contributed by atoms with Crippen molar-refractivity contribution in [1.29, 1.82) is 0 Å². The Morgan fingerprint density at radius 1 is 1.38 bits per heavy atom. The van der Waals surface area contributed by atoms with Gasteiger partial charge in [0.2, 0.25) is 0 Å². The second-order valence-electron chi connectivity index (χ2n) is 5.30. The van der Waals surface area contributed by atoms with E-state index in [1.54, 1.807) is 0 Å². The van der Waals surface area contributed by atoms with Gasteiger partial charge in [0.1, 0.15) is 0 Å². The van der Waals surface area contributed by atoms with Gasteiger partial charge in [-0.05, 0) is 25.2 Å². The number of nitrogens with zero attached hydrogens (tertiary/aromatic N) is 1. The summed E-state index contributed by atoms with van der Waals surface area (Å²) < 4.78 is 0. The Morgan fingerprint density at radius 2 is 2.12 bits per heavy atom. The number of hydrogen-bond acceptors (Lipinski definition) is 2. The third-order valence-electron chi connectivity index (χ3n) is 3.13. The van der Waals surface area contributed by atoms with Crippen molar-refractivity contribution >= 4 is 16.9 Å². The molecule has 0 radical (unpaired) electrons. The van der Waals surface area contributed by atoms with Gasteiger partial charge >= 0.3 is 0 Å². The number of rotatable bonds is 5. The number of unbranched alkanes of at least 4 members (excludes halogenated alkanes) is 1. The topological polar surface area (TPSA) is 24.4 Å². The summed E-state index contributed by atoms with van der Waals surface area (Å²) in [5.74, 6) is 2.79. The molecule has 1 fully saturated rings. The highest BCUT2D eigenvalue weighted by molar-refractivity contribution is 8.13. The molecule has 3 heteroatoms. The molecule has 1 saturated heterocycles. The van der Waals surface area contributed by atoms with Crippen LogP contribution in [-0.4, -0.2) is 23.5 Å². The first-order valence-corrected chi connectivity index (χ1v) is 7.52. The Morgan fingerprint density at radius 3 is 2.75 bits per heavy atom. The van der Waals surface area contributed by atoms with E-state index in [1.807, 2.05) is 11.8 Å². The molecular formula is C13H26N2S. The normalized spacial score (nSPS) is 28.4. The first-order chi connectivity index (χ1) is 7.59. The highest BCUT2D eigenvalue weighted by Gasteiger charge is 2.20. The van der Waals surface area contributed by atoms with Gasteiger partial charge in [-0.15, -0.1) is 0 Å². The van der Waals surface area contributed by atoms with Crippen molar-refractivity contribution < 1.29 is 0 Å². The molecule has 1 rings (SSSR count). The number of amidine groups is 1. The zero-order chi connectivity index (χ0) is 12.0. The van der Waals surface area contributed by atoms with E-state index in [0.717, 1.165) is 23.5 Å². The number of thioether (sulfide) groups is 1. The maximum atomic E-state index is 4.63. The van der Waals surface area contributed by atoms with Crippen LogP contribution in [-0.2, 0) is 0 Å². The number of nitrogens with one attached hydrogen (secondary N) is 1. The Labute approximate surface area is 105 Å². The van der Waals surface area contributed by atoms with Gasteiger partial charge in [0, 0.05) is 18.3 Å². The van der Waals surface area contributed by atoms with Crippen LogP contribution in [0.3, 0.4) is 0 Å². The second-order valence-corrected chi connectivity index (χ2v) is 6.31. The number of aliphatic imine (C=N–C) groups is 1. The minimum Gasteiger partial charge on any atom is -0.362 e. The van der Waals surface area contributed by atoms with Gasteiger partial charge < -0.3 is 5.32 Å². The SMILES string of the molecule is CC(C)CCCCN=C1NC(C)C(C)CS1. The molecule has 0 aliphatic carbocycles. The summed E-state index contributed by atoms with van der Waals surface area (Å²) >= 11 is 1.88. The van der Waals surface area contributed by atoms with Gasteiger partial charge in [-0.25, -0.2) is 0 Å². The predicted molar refractivity (Wildman–Crippen MR) is 75.2 cm³/mol. The van der Waals surface area contributed by atoms with Crippen LogP contribution in [0.25, 0.3) is 0 Å². The molecule has 0 aromatic carbocycles. The molecule has 1 N–H and O–H groups in total. The molecule has 0 saturated carbocycles. The Kier molecular flexibility index (Phi) is 6.25. The van der Waals surface area contributed by atoms with Gasteiger partial charge in [0.05, 0.1) is 0 Å². The minimum absolute atomic E-state index is 0.579. The third kappa shape index (κ3) is 5.24. The summed E-state index contributed by atoms with van der Waals surface area (Å²) in [5.41, 5.74) is 0. The largest absolute Gasteiger partial charge is 0.362 e. The van der Waals surface area contributed by atoms with E-state index < -0.39 is 0 Å².